The van der Waals surface area contributed by atoms with Gasteiger partial charge in [-0.15, -0.1) is 10.2 Å². The Bertz CT molecular complexity index is 1830. The number of rotatable bonds is 7. The van der Waals surface area contributed by atoms with Gasteiger partial charge in [-0.25, -0.2) is 13.2 Å². The normalized spacial score (nSPS) is 31.6. The first-order chi connectivity index (χ1) is 23.7. The van der Waals surface area contributed by atoms with Crippen molar-refractivity contribution in [1.29, 1.82) is 0 Å². The minimum absolute atomic E-state index is 0.0151. The third-order valence-corrected chi connectivity index (χ3v) is 12.8. The number of ether oxygens (including phenoxy) is 2. The van der Waals surface area contributed by atoms with Crippen LogP contribution in [0.3, 0.4) is 0 Å². The Balaban J connectivity index is 1.34. The Morgan fingerprint density at radius 2 is 1.76 bits per heavy atom. The predicted molar refractivity (Wildman–Crippen MR) is 181 cm³/mol. The molecule has 7 atom stereocenters. The van der Waals surface area contributed by atoms with E-state index in [-0.39, 0.29) is 31.2 Å². The van der Waals surface area contributed by atoms with Gasteiger partial charge in [0.15, 0.2) is 0 Å². The molecule has 4 aliphatic rings. The van der Waals surface area contributed by atoms with Gasteiger partial charge < -0.3 is 30.1 Å². The largest absolute Gasteiger partial charge is 0.479 e. The van der Waals surface area contributed by atoms with Crippen molar-refractivity contribution in [1.82, 2.24) is 30.5 Å². The van der Waals surface area contributed by atoms with Gasteiger partial charge in [-0.1, -0.05) is 38.1 Å². The van der Waals surface area contributed by atoms with Gasteiger partial charge in [0.05, 0.1) is 29.2 Å². The van der Waals surface area contributed by atoms with Gasteiger partial charge in [0.1, 0.15) is 23.7 Å². The number of carbonyl (C=O) groups excluding carboxylic acids is 3. The maximum atomic E-state index is 14.3. The van der Waals surface area contributed by atoms with Crippen molar-refractivity contribution in [3.05, 3.63) is 36.4 Å². The topological polar surface area (TPSA) is 206 Å². The number of nitrogens with one attached hydrogen (secondary N) is 3. The van der Waals surface area contributed by atoms with E-state index in [2.05, 4.69) is 25.6 Å². The van der Waals surface area contributed by atoms with Crippen LogP contribution in [-0.2, 0) is 24.4 Å². The Labute approximate surface area is 290 Å². The highest BCUT2D eigenvalue weighted by molar-refractivity contribution is 7.91. The van der Waals surface area contributed by atoms with Gasteiger partial charge in [-0.2, -0.15) is 0 Å². The van der Waals surface area contributed by atoms with Gasteiger partial charge in [-0.05, 0) is 69.4 Å². The number of hydrogen-bond acceptors (Lipinski definition) is 10. The molecule has 0 unspecified atom stereocenters. The highest BCUT2D eigenvalue weighted by atomic mass is 32.2. The quantitative estimate of drug-likeness (QED) is 0.307. The molecule has 2 aromatic rings. The number of benzene rings is 1. The second-order valence-corrected chi connectivity index (χ2v) is 16.6. The van der Waals surface area contributed by atoms with Gasteiger partial charge in [0.2, 0.25) is 33.6 Å². The van der Waals surface area contributed by atoms with Crippen molar-refractivity contribution in [2.24, 2.45) is 17.8 Å². The number of methoxy groups -OCH3 is 1. The first-order valence-corrected chi connectivity index (χ1v) is 18.5. The van der Waals surface area contributed by atoms with E-state index in [0.717, 1.165) is 6.42 Å². The molecule has 2 aliphatic heterocycles. The van der Waals surface area contributed by atoms with Crippen molar-refractivity contribution >= 4 is 44.6 Å². The van der Waals surface area contributed by atoms with Crippen molar-refractivity contribution in [2.45, 2.75) is 94.2 Å². The molecule has 2 aliphatic carbocycles. The van der Waals surface area contributed by atoms with Crippen LogP contribution in [0, 0.1) is 17.8 Å². The lowest BCUT2D eigenvalue weighted by Crippen LogP contribution is -2.59. The summed E-state index contributed by atoms with van der Waals surface area (Å²) in [6, 6.07) is 4.84. The fourth-order valence-corrected chi connectivity index (χ4v) is 8.49. The van der Waals surface area contributed by atoms with Gasteiger partial charge in [0.25, 0.3) is 5.91 Å². The lowest BCUT2D eigenvalue weighted by atomic mass is 9.88. The number of carbonyl (C=O) groups is 4. The molecular weight excluding hydrogens is 668 g/mol. The number of hydrogen-bond donors (Lipinski definition) is 4. The summed E-state index contributed by atoms with van der Waals surface area (Å²) in [5.41, 5.74) is -1.55. The first kappa shape index (κ1) is 35.4. The zero-order valence-corrected chi connectivity index (χ0v) is 29.4. The molecule has 6 rings (SSSR count). The number of aromatic nitrogens is 2. The maximum absolute atomic E-state index is 14.3. The standard InChI is InChI=1S/C34H44N6O9S/c1-19-9-5-6-10-21-17-34(21,31(43)39-50(46,47)33(3)13-14-33)36-27(41)25-16-22(18-40(25)30(42)26(20(2)15-19)35-32(44)45)49-29-24-12-8-7-11-23(24)28(48-4)37-38-29/h6-8,10-12,19-22,25-26,35H,5,9,13-18H2,1-4H3,(H,36,41)(H,39,43)(H,44,45)/b10-6-/t19-,20+,21+,22+,25-,26-,34+/m0/s1. The van der Waals surface area contributed by atoms with Crippen LogP contribution in [0.15, 0.2) is 36.4 Å². The van der Waals surface area contributed by atoms with E-state index >= 15 is 0 Å². The van der Waals surface area contributed by atoms with Crippen molar-refractivity contribution in [3.63, 3.8) is 0 Å². The van der Waals surface area contributed by atoms with Gasteiger partial charge in [-0.3, -0.25) is 19.1 Å². The van der Waals surface area contributed by atoms with Crippen LogP contribution in [0.4, 0.5) is 4.79 Å². The SMILES string of the molecule is COc1nnc(O[C@@H]2C[C@H]3C(=O)N[C@]4(C(=O)NS(=O)(=O)C5(C)CC5)C[C@H]4/C=C\CC[C@H](C)C[C@@H](C)[C@H](NC(=O)O)C(=O)N3C2)c2ccccc12. The summed E-state index contributed by atoms with van der Waals surface area (Å²) in [6.07, 6.45) is 4.55. The molecule has 1 aromatic carbocycles. The predicted octanol–water partition coefficient (Wildman–Crippen LogP) is 2.51. The van der Waals surface area contributed by atoms with Crippen molar-refractivity contribution in [2.75, 3.05) is 13.7 Å². The van der Waals surface area contributed by atoms with Gasteiger partial charge in [0, 0.05) is 12.3 Å². The molecule has 50 heavy (non-hydrogen) atoms. The number of carboxylic acid groups (broad SMARTS) is 1. The number of sulfonamides is 1. The van der Waals surface area contributed by atoms with E-state index in [1.54, 1.807) is 32.0 Å². The molecule has 270 valence electrons. The van der Waals surface area contributed by atoms with Crippen molar-refractivity contribution < 1.29 is 42.2 Å². The lowest BCUT2D eigenvalue weighted by Gasteiger charge is -2.32. The molecule has 16 heteroatoms. The Morgan fingerprint density at radius 3 is 2.42 bits per heavy atom. The monoisotopic (exact) mass is 712 g/mol. The number of allylic oxidation sites excluding steroid dienone is 1. The first-order valence-electron chi connectivity index (χ1n) is 17.0. The lowest BCUT2D eigenvalue weighted by molar-refractivity contribution is -0.142. The minimum atomic E-state index is -4.00. The summed E-state index contributed by atoms with van der Waals surface area (Å²) >= 11 is 0. The molecule has 3 fully saturated rings. The summed E-state index contributed by atoms with van der Waals surface area (Å²) < 4.78 is 39.0. The van der Waals surface area contributed by atoms with E-state index in [4.69, 9.17) is 9.47 Å². The van der Waals surface area contributed by atoms with E-state index in [9.17, 15) is 32.7 Å². The fourth-order valence-electron chi connectivity index (χ4n) is 7.18. The summed E-state index contributed by atoms with van der Waals surface area (Å²) in [5, 5.41) is 24.5. The molecule has 0 radical (unpaired) electrons. The second-order valence-electron chi connectivity index (χ2n) is 14.4. The Kier molecular flexibility index (Phi) is 9.43. The maximum Gasteiger partial charge on any atom is 0.405 e. The zero-order chi connectivity index (χ0) is 36.0. The van der Waals surface area contributed by atoms with E-state index in [1.807, 2.05) is 25.1 Å². The van der Waals surface area contributed by atoms with E-state index in [1.165, 1.54) is 12.0 Å². The number of amides is 4. The van der Waals surface area contributed by atoms with Crippen molar-refractivity contribution in [3.8, 4) is 11.8 Å². The van der Waals surface area contributed by atoms with Gasteiger partial charge >= 0.3 is 6.09 Å². The number of nitrogens with zero attached hydrogens (tertiary/aromatic N) is 3. The molecule has 2 saturated carbocycles. The molecule has 1 aromatic heterocycles. The summed E-state index contributed by atoms with van der Waals surface area (Å²) in [7, 11) is -2.53. The molecule has 15 nitrogen and oxygen atoms in total. The van der Waals surface area contributed by atoms with Crippen LogP contribution >= 0.6 is 0 Å². The van der Waals surface area contributed by atoms with Crippen LogP contribution in [0.2, 0.25) is 0 Å². The average molecular weight is 713 g/mol. The average Bonchev–Trinajstić information content (AvgIpc) is 3.95. The van der Waals surface area contributed by atoms with E-state index in [0.29, 0.717) is 42.3 Å². The summed E-state index contributed by atoms with van der Waals surface area (Å²) in [5.74, 6) is -2.42. The molecule has 0 spiro atoms. The van der Waals surface area contributed by atoms with Crippen LogP contribution in [0.25, 0.3) is 10.8 Å². The van der Waals surface area contributed by atoms with Crippen LogP contribution in [-0.4, -0.2) is 94.6 Å². The Hall–Kier alpha value is -4.47. The van der Waals surface area contributed by atoms with Crippen LogP contribution in [0.1, 0.15) is 65.7 Å². The smallest absolute Gasteiger partial charge is 0.405 e. The highest BCUT2D eigenvalue weighted by Gasteiger charge is 2.63. The molecule has 4 amide bonds. The Morgan fingerprint density at radius 1 is 1.08 bits per heavy atom. The minimum Gasteiger partial charge on any atom is -0.479 e. The summed E-state index contributed by atoms with van der Waals surface area (Å²) in [6.45, 7) is 5.31. The molecule has 4 N–H and O–H groups in total. The third-order valence-electron chi connectivity index (χ3n) is 10.6. The van der Waals surface area contributed by atoms with Crippen LogP contribution in [0.5, 0.6) is 11.8 Å². The highest BCUT2D eigenvalue weighted by Crippen LogP contribution is 2.47. The fraction of sp³-hybridized carbons (Fsp3) is 0.588. The molecule has 1 saturated heterocycles. The third kappa shape index (κ3) is 6.81. The van der Waals surface area contributed by atoms with E-state index < -0.39 is 74.1 Å². The molecule has 3 heterocycles. The molecular formula is C34H44N6O9S. The second kappa shape index (κ2) is 13.3. The summed E-state index contributed by atoms with van der Waals surface area (Å²) in [4.78, 5) is 55.6. The number of fused-ring (bicyclic) bond motifs is 3. The molecule has 0 bridgehead atoms. The zero-order valence-electron chi connectivity index (χ0n) is 28.5. The van der Waals surface area contributed by atoms with Crippen LogP contribution < -0.4 is 24.8 Å².